The van der Waals surface area contributed by atoms with Gasteiger partial charge in [-0.25, -0.2) is 9.97 Å². The molecule has 0 aliphatic carbocycles. The molecule has 0 radical (unpaired) electrons. The lowest BCUT2D eigenvalue weighted by Gasteiger charge is -2.04. The Morgan fingerprint density at radius 2 is 2.35 bits per heavy atom. The average molecular weight is 286 g/mol. The molecule has 0 aromatic carbocycles. The number of nitrogens with zero attached hydrogens (tertiary/aromatic N) is 2. The van der Waals surface area contributed by atoms with E-state index in [0.29, 0.717) is 22.8 Å². The van der Waals surface area contributed by atoms with Crippen LogP contribution in [0, 0.1) is 18.8 Å². The van der Waals surface area contributed by atoms with Crippen LogP contribution in [-0.2, 0) is 6.54 Å². The van der Waals surface area contributed by atoms with Crippen LogP contribution in [0.25, 0.3) is 0 Å². The van der Waals surface area contributed by atoms with Crippen LogP contribution in [0.2, 0.25) is 0 Å². The van der Waals surface area contributed by atoms with Gasteiger partial charge in [-0.05, 0) is 24.4 Å². The van der Waals surface area contributed by atoms with Gasteiger partial charge in [-0.15, -0.1) is 11.3 Å². The van der Waals surface area contributed by atoms with Crippen molar-refractivity contribution in [3.63, 3.8) is 0 Å². The van der Waals surface area contributed by atoms with Crippen molar-refractivity contribution in [2.45, 2.75) is 13.5 Å². The van der Waals surface area contributed by atoms with Crippen molar-refractivity contribution in [3.8, 4) is 11.8 Å². The lowest BCUT2D eigenvalue weighted by Crippen LogP contribution is -2.23. The largest absolute Gasteiger partial charge is 0.346 e. The van der Waals surface area contributed by atoms with Crippen LogP contribution in [0.5, 0.6) is 0 Å². The van der Waals surface area contributed by atoms with E-state index in [-0.39, 0.29) is 12.5 Å². The number of carbonyl (C=O) groups excluding carboxylic acids is 1. The van der Waals surface area contributed by atoms with Crippen molar-refractivity contribution in [2.75, 3.05) is 6.54 Å². The zero-order chi connectivity index (χ0) is 14.4. The van der Waals surface area contributed by atoms with Gasteiger partial charge in [0.25, 0.3) is 5.91 Å². The molecular weight excluding hydrogens is 272 g/mol. The first-order valence-corrected chi connectivity index (χ1v) is 6.92. The van der Waals surface area contributed by atoms with Crippen molar-refractivity contribution < 1.29 is 4.79 Å². The molecule has 0 bridgehead atoms. The van der Waals surface area contributed by atoms with Gasteiger partial charge in [0.1, 0.15) is 10.7 Å². The zero-order valence-electron chi connectivity index (χ0n) is 11.0. The van der Waals surface area contributed by atoms with Crippen LogP contribution < -0.4 is 11.1 Å². The van der Waals surface area contributed by atoms with Gasteiger partial charge in [0.2, 0.25) is 0 Å². The maximum absolute atomic E-state index is 12.1. The Labute approximate surface area is 121 Å². The number of aryl methyl sites for hydroxylation is 1. The number of carbonyl (C=O) groups is 1. The van der Waals surface area contributed by atoms with Gasteiger partial charge in [-0.2, -0.15) is 0 Å². The summed E-state index contributed by atoms with van der Waals surface area (Å²) in [5, 5.41) is 4.67. The van der Waals surface area contributed by atoms with Crippen molar-refractivity contribution in [2.24, 2.45) is 5.73 Å². The molecule has 2 aromatic heterocycles. The molecule has 0 aliphatic rings. The molecule has 3 N–H and O–H groups in total. The predicted octanol–water partition coefficient (Wildman–Crippen LogP) is 1.09. The van der Waals surface area contributed by atoms with E-state index in [4.69, 9.17) is 5.73 Å². The minimum atomic E-state index is -0.155. The van der Waals surface area contributed by atoms with Crippen molar-refractivity contribution in [3.05, 3.63) is 45.7 Å². The summed E-state index contributed by atoms with van der Waals surface area (Å²) in [5.41, 5.74) is 6.82. The number of hydrogen-bond donors (Lipinski definition) is 2. The molecule has 2 rings (SSSR count). The summed E-state index contributed by atoms with van der Waals surface area (Å²) >= 11 is 1.36. The van der Waals surface area contributed by atoms with Gasteiger partial charge in [-0.1, -0.05) is 11.8 Å². The molecule has 0 fully saturated rings. The van der Waals surface area contributed by atoms with Crippen molar-refractivity contribution in [1.29, 1.82) is 0 Å². The molecule has 2 aromatic rings. The molecule has 0 unspecified atom stereocenters. The van der Waals surface area contributed by atoms with Crippen LogP contribution in [-0.4, -0.2) is 22.4 Å². The highest BCUT2D eigenvalue weighted by Crippen LogP contribution is 2.15. The molecule has 0 atom stereocenters. The first-order valence-electron chi connectivity index (χ1n) is 6.04. The average Bonchev–Trinajstić information content (AvgIpc) is 2.91. The minimum absolute atomic E-state index is 0.155. The van der Waals surface area contributed by atoms with Crippen LogP contribution in [0.1, 0.15) is 26.8 Å². The van der Waals surface area contributed by atoms with E-state index < -0.39 is 0 Å². The fraction of sp³-hybridized carbons (Fsp3) is 0.214. The van der Waals surface area contributed by atoms with Crippen molar-refractivity contribution in [1.82, 2.24) is 15.3 Å². The number of hydrogen-bond acceptors (Lipinski definition) is 5. The maximum atomic E-state index is 12.1. The van der Waals surface area contributed by atoms with E-state index in [0.717, 1.165) is 5.69 Å². The first kappa shape index (κ1) is 14.2. The monoisotopic (exact) mass is 286 g/mol. The van der Waals surface area contributed by atoms with Gasteiger partial charge in [0.05, 0.1) is 18.8 Å². The number of nitrogens with one attached hydrogen (secondary N) is 1. The highest BCUT2D eigenvalue weighted by atomic mass is 32.1. The molecular formula is C14H14N4OS. The van der Waals surface area contributed by atoms with Gasteiger partial charge in [-0.3, -0.25) is 4.79 Å². The highest BCUT2D eigenvalue weighted by Gasteiger charge is 2.11. The maximum Gasteiger partial charge on any atom is 0.262 e. The SMILES string of the molecule is Cc1nccc(CNC(=O)c2sccc2C#CCN)n1. The lowest BCUT2D eigenvalue weighted by atomic mass is 10.2. The third-order valence-electron chi connectivity index (χ3n) is 2.46. The quantitative estimate of drug-likeness (QED) is 0.828. The number of thiophene rings is 1. The van der Waals surface area contributed by atoms with E-state index in [9.17, 15) is 4.79 Å². The molecule has 5 nitrogen and oxygen atoms in total. The Kier molecular flexibility index (Phi) is 4.82. The molecule has 0 saturated heterocycles. The summed E-state index contributed by atoms with van der Waals surface area (Å²) in [6.07, 6.45) is 1.67. The van der Waals surface area contributed by atoms with Gasteiger partial charge in [0, 0.05) is 11.8 Å². The van der Waals surface area contributed by atoms with Crippen molar-refractivity contribution >= 4 is 17.2 Å². The van der Waals surface area contributed by atoms with E-state index >= 15 is 0 Å². The summed E-state index contributed by atoms with van der Waals surface area (Å²) < 4.78 is 0. The number of nitrogens with two attached hydrogens (primary N) is 1. The second-order valence-corrected chi connectivity index (χ2v) is 4.86. The minimum Gasteiger partial charge on any atom is -0.346 e. The fourth-order valence-electron chi connectivity index (χ4n) is 1.58. The number of amides is 1. The standard InChI is InChI=1S/C14H14N4OS/c1-10-16-7-4-12(18-10)9-17-14(19)13-11(3-2-6-15)5-8-20-13/h4-5,7-8H,6,9,15H2,1H3,(H,17,19). The predicted molar refractivity (Wildman–Crippen MR) is 78.2 cm³/mol. The molecule has 0 aliphatic heterocycles. The Balaban J connectivity index is 2.04. The molecule has 6 heteroatoms. The Morgan fingerprint density at radius 1 is 1.50 bits per heavy atom. The highest BCUT2D eigenvalue weighted by molar-refractivity contribution is 7.12. The van der Waals surface area contributed by atoms with Crippen LogP contribution in [0.15, 0.2) is 23.7 Å². The summed E-state index contributed by atoms with van der Waals surface area (Å²) in [7, 11) is 0. The second-order valence-electron chi connectivity index (χ2n) is 3.95. The third-order valence-corrected chi connectivity index (χ3v) is 3.37. The molecule has 0 saturated carbocycles. The third kappa shape index (κ3) is 3.63. The van der Waals surface area contributed by atoms with E-state index in [2.05, 4.69) is 27.1 Å². The molecule has 1 amide bonds. The summed E-state index contributed by atoms with van der Waals surface area (Å²) in [6, 6.07) is 3.59. The Bertz CT molecular complexity index is 669. The first-order chi connectivity index (χ1) is 9.70. The molecule has 2 heterocycles. The lowest BCUT2D eigenvalue weighted by molar-refractivity contribution is 0.0954. The summed E-state index contributed by atoms with van der Waals surface area (Å²) in [6.45, 7) is 2.45. The van der Waals surface area contributed by atoms with E-state index in [1.54, 1.807) is 12.3 Å². The summed E-state index contributed by atoms with van der Waals surface area (Å²) in [5.74, 6) is 6.17. The van der Waals surface area contributed by atoms with Crippen LogP contribution in [0.3, 0.4) is 0 Å². The molecule has 0 spiro atoms. The van der Waals surface area contributed by atoms with E-state index in [1.807, 2.05) is 18.4 Å². The van der Waals surface area contributed by atoms with Crippen LogP contribution >= 0.6 is 11.3 Å². The van der Waals surface area contributed by atoms with Crippen LogP contribution in [0.4, 0.5) is 0 Å². The number of rotatable bonds is 3. The fourth-order valence-corrected chi connectivity index (χ4v) is 2.35. The van der Waals surface area contributed by atoms with Gasteiger partial charge in [0.15, 0.2) is 0 Å². The second kappa shape index (κ2) is 6.80. The Morgan fingerprint density at radius 3 is 3.10 bits per heavy atom. The van der Waals surface area contributed by atoms with E-state index in [1.165, 1.54) is 11.3 Å². The topological polar surface area (TPSA) is 80.9 Å². The van der Waals surface area contributed by atoms with Gasteiger partial charge >= 0.3 is 0 Å². The smallest absolute Gasteiger partial charge is 0.262 e. The zero-order valence-corrected chi connectivity index (χ0v) is 11.8. The number of aromatic nitrogens is 2. The normalized spacial score (nSPS) is 9.70. The summed E-state index contributed by atoms with van der Waals surface area (Å²) in [4.78, 5) is 20.9. The molecule has 102 valence electrons. The van der Waals surface area contributed by atoms with Gasteiger partial charge < -0.3 is 11.1 Å². The Hall–Kier alpha value is -2.23. The molecule has 20 heavy (non-hydrogen) atoms.